The van der Waals surface area contributed by atoms with Gasteiger partial charge >= 0.3 is 0 Å². The molecule has 0 aliphatic rings. The summed E-state index contributed by atoms with van der Waals surface area (Å²) in [6.45, 7) is 4.48. The van der Waals surface area contributed by atoms with Crippen LogP contribution in [0.1, 0.15) is 25.8 Å². The SMILES string of the molecule is CCCc1ccc(OCC(C)C#N)cc1. The number of nitrogens with zero attached hydrogens (tertiary/aromatic N) is 1. The third kappa shape index (κ3) is 4.03. The number of aryl methyl sites for hydroxylation is 1. The molecule has 1 aromatic rings. The van der Waals surface area contributed by atoms with Crippen LogP contribution in [0.3, 0.4) is 0 Å². The van der Waals surface area contributed by atoms with Crippen LogP contribution in [0.25, 0.3) is 0 Å². The molecular formula is C13H17NO. The van der Waals surface area contributed by atoms with Gasteiger partial charge in [0.05, 0.1) is 12.0 Å². The van der Waals surface area contributed by atoms with Crippen LogP contribution in [-0.2, 0) is 6.42 Å². The van der Waals surface area contributed by atoms with Gasteiger partial charge in [0.2, 0.25) is 0 Å². The predicted molar refractivity (Wildman–Crippen MR) is 60.7 cm³/mol. The lowest BCUT2D eigenvalue weighted by Crippen LogP contribution is -2.05. The molecule has 1 aromatic carbocycles. The lowest BCUT2D eigenvalue weighted by molar-refractivity contribution is 0.288. The normalized spacial score (nSPS) is 11.8. The maximum Gasteiger partial charge on any atom is 0.119 e. The highest BCUT2D eigenvalue weighted by Gasteiger charge is 2.00. The first-order valence-corrected chi connectivity index (χ1v) is 5.37. The molecule has 1 unspecified atom stereocenters. The van der Waals surface area contributed by atoms with Crippen molar-refractivity contribution in [1.82, 2.24) is 0 Å². The first-order valence-electron chi connectivity index (χ1n) is 5.37. The zero-order valence-electron chi connectivity index (χ0n) is 9.36. The van der Waals surface area contributed by atoms with Crippen molar-refractivity contribution in [2.24, 2.45) is 5.92 Å². The lowest BCUT2D eigenvalue weighted by atomic mass is 10.1. The molecule has 0 aliphatic heterocycles. The number of nitriles is 1. The maximum atomic E-state index is 8.60. The molecule has 15 heavy (non-hydrogen) atoms. The van der Waals surface area contributed by atoms with Gasteiger partial charge in [-0.25, -0.2) is 0 Å². The summed E-state index contributed by atoms with van der Waals surface area (Å²) in [7, 11) is 0. The van der Waals surface area contributed by atoms with Gasteiger partial charge in [-0.1, -0.05) is 25.5 Å². The second-order valence-corrected chi connectivity index (χ2v) is 3.74. The summed E-state index contributed by atoms with van der Waals surface area (Å²) in [6, 6.07) is 10.2. The number of benzene rings is 1. The van der Waals surface area contributed by atoms with E-state index in [0.29, 0.717) is 6.61 Å². The number of ether oxygens (including phenoxy) is 1. The molecule has 0 saturated heterocycles. The average Bonchev–Trinajstić information content (AvgIpc) is 2.28. The predicted octanol–water partition coefficient (Wildman–Crippen LogP) is 3.18. The summed E-state index contributed by atoms with van der Waals surface area (Å²) in [6.07, 6.45) is 2.26. The van der Waals surface area contributed by atoms with E-state index in [-0.39, 0.29) is 5.92 Å². The van der Waals surface area contributed by atoms with Gasteiger partial charge in [-0.15, -0.1) is 0 Å². The van der Waals surface area contributed by atoms with E-state index in [2.05, 4.69) is 25.1 Å². The molecule has 0 fully saturated rings. The highest BCUT2D eigenvalue weighted by Crippen LogP contribution is 2.14. The van der Waals surface area contributed by atoms with Crippen molar-refractivity contribution < 1.29 is 4.74 Å². The Morgan fingerprint density at radius 2 is 2.00 bits per heavy atom. The van der Waals surface area contributed by atoms with Crippen LogP contribution in [0.4, 0.5) is 0 Å². The minimum atomic E-state index is -0.0553. The molecule has 0 heterocycles. The second-order valence-electron chi connectivity index (χ2n) is 3.74. The summed E-state index contributed by atoms with van der Waals surface area (Å²) >= 11 is 0. The molecule has 0 N–H and O–H groups in total. The summed E-state index contributed by atoms with van der Waals surface area (Å²) in [5.41, 5.74) is 1.33. The lowest BCUT2D eigenvalue weighted by Gasteiger charge is -2.07. The van der Waals surface area contributed by atoms with E-state index in [1.54, 1.807) is 0 Å². The molecule has 1 atom stereocenters. The molecule has 0 bridgehead atoms. The zero-order chi connectivity index (χ0) is 11.1. The molecule has 0 radical (unpaired) electrons. The van der Waals surface area contributed by atoms with Gasteiger partial charge in [0.25, 0.3) is 0 Å². The monoisotopic (exact) mass is 203 g/mol. The fraction of sp³-hybridized carbons (Fsp3) is 0.462. The van der Waals surface area contributed by atoms with Gasteiger partial charge in [-0.3, -0.25) is 0 Å². The summed E-state index contributed by atoms with van der Waals surface area (Å²) in [5, 5.41) is 8.60. The van der Waals surface area contributed by atoms with Crippen molar-refractivity contribution in [3.63, 3.8) is 0 Å². The Morgan fingerprint density at radius 3 is 2.53 bits per heavy atom. The van der Waals surface area contributed by atoms with E-state index in [4.69, 9.17) is 10.00 Å². The third-order valence-electron chi connectivity index (χ3n) is 2.18. The fourth-order valence-corrected chi connectivity index (χ4v) is 1.30. The first kappa shape index (κ1) is 11.6. The smallest absolute Gasteiger partial charge is 0.119 e. The average molecular weight is 203 g/mol. The summed E-state index contributed by atoms with van der Waals surface area (Å²) in [4.78, 5) is 0. The van der Waals surface area contributed by atoms with E-state index in [1.807, 2.05) is 19.1 Å². The number of rotatable bonds is 5. The minimum Gasteiger partial charge on any atom is -0.492 e. The van der Waals surface area contributed by atoms with E-state index in [1.165, 1.54) is 5.56 Å². The van der Waals surface area contributed by atoms with Crippen molar-refractivity contribution in [2.75, 3.05) is 6.61 Å². The van der Waals surface area contributed by atoms with Gasteiger partial charge in [0.15, 0.2) is 0 Å². The summed E-state index contributed by atoms with van der Waals surface area (Å²) < 4.78 is 5.47. The van der Waals surface area contributed by atoms with Crippen LogP contribution < -0.4 is 4.74 Å². The molecular weight excluding hydrogens is 186 g/mol. The van der Waals surface area contributed by atoms with Gasteiger partial charge in [0.1, 0.15) is 12.4 Å². The first-order chi connectivity index (χ1) is 7.26. The van der Waals surface area contributed by atoms with E-state index in [0.717, 1.165) is 18.6 Å². The quantitative estimate of drug-likeness (QED) is 0.736. The summed E-state index contributed by atoms with van der Waals surface area (Å²) in [5.74, 6) is 0.789. The van der Waals surface area contributed by atoms with E-state index in [9.17, 15) is 0 Å². The van der Waals surface area contributed by atoms with Crippen molar-refractivity contribution >= 4 is 0 Å². The second kappa shape index (κ2) is 6.08. The molecule has 0 spiro atoms. The molecule has 2 nitrogen and oxygen atoms in total. The minimum absolute atomic E-state index is 0.0553. The Kier molecular flexibility index (Phi) is 4.70. The molecule has 0 amide bonds. The molecule has 0 aliphatic carbocycles. The van der Waals surface area contributed by atoms with Crippen LogP contribution in [0.5, 0.6) is 5.75 Å². The van der Waals surface area contributed by atoms with Crippen molar-refractivity contribution in [3.05, 3.63) is 29.8 Å². The Balaban J connectivity index is 2.46. The Bertz CT molecular complexity index is 323. The molecule has 0 aromatic heterocycles. The zero-order valence-corrected chi connectivity index (χ0v) is 9.36. The van der Waals surface area contributed by atoms with Gasteiger partial charge in [-0.05, 0) is 31.0 Å². The molecule has 80 valence electrons. The number of hydrogen-bond acceptors (Lipinski definition) is 2. The van der Waals surface area contributed by atoms with Crippen LogP contribution in [0.15, 0.2) is 24.3 Å². The van der Waals surface area contributed by atoms with Crippen molar-refractivity contribution in [2.45, 2.75) is 26.7 Å². The Labute approximate surface area is 91.5 Å². The largest absolute Gasteiger partial charge is 0.492 e. The highest BCUT2D eigenvalue weighted by atomic mass is 16.5. The van der Waals surface area contributed by atoms with Gasteiger partial charge < -0.3 is 4.74 Å². The van der Waals surface area contributed by atoms with Crippen molar-refractivity contribution in [3.8, 4) is 11.8 Å². The Hall–Kier alpha value is -1.49. The van der Waals surface area contributed by atoms with Crippen LogP contribution in [-0.4, -0.2) is 6.61 Å². The Morgan fingerprint density at radius 1 is 1.33 bits per heavy atom. The fourth-order valence-electron chi connectivity index (χ4n) is 1.30. The van der Waals surface area contributed by atoms with Gasteiger partial charge in [0, 0.05) is 0 Å². The van der Waals surface area contributed by atoms with E-state index < -0.39 is 0 Å². The third-order valence-corrected chi connectivity index (χ3v) is 2.18. The van der Waals surface area contributed by atoms with Crippen molar-refractivity contribution in [1.29, 1.82) is 5.26 Å². The van der Waals surface area contributed by atoms with Gasteiger partial charge in [-0.2, -0.15) is 5.26 Å². The molecule has 1 rings (SSSR count). The number of hydrogen-bond donors (Lipinski definition) is 0. The highest BCUT2D eigenvalue weighted by molar-refractivity contribution is 5.27. The molecule has 2 heteroatoms. The maximum absolute atomic E-state index is 8.60. The van der Waals surface area contributed by atoms with E-state index >= 15 is 0 Å². The van der Waals surface area contributed by atoms with Crippen LogP contribution in [0.2, 0.25) is 0 Å². The van der Waals surface area contributed by atoms with Crippen LogP contribution >= 0.6 is 0 Å². The van der Waals surface area contributed by atoms with Crippen LogP contribution in [0, 0.1) is 17.2 Å². The topological polar surface area (TPSA) is 33.0 Å². The standard InChI is InChI=1S/C13H17NO/c1-3-4-12-5-7-13(8-6-12)15-10-11(2)9-14/h5-8,11H,3-4,10H2,1-2H3. The molecule has 0 saturated carbocycles.